The summed E-state index contributed by atoms with van der Waals surface area (Å²) in [5.41, 5.74) is 0.165. The van der Waals surface area contributed by atoms with Gasteiger partial charge in [0.25, 0.3) is 0 Å². The van der Waals surface area contributed by atoms with Crippen molar-refractivity contribution in [3.8, 4) is 5.75 Å². The number of rotatable bonds is 7. The van der Waals surface area contributed by atoms with Crippen molar-refractivity contribution in [2.45, 2.75) is 31.1 Å². The molecule has 0 aromatic heterocycles. The molecule has 0 saturated heterocycles. The lowest BCUT2D eigenvalue weighted by Crippen LogP contribution is -2.36. The van der Waals surface area contributed by atoms with E-state index in [4.69, 9.17) is 4.74 Å². The molecule has 0 bridgehead atoms. The molecular formula is C13H13F8NO. The average molecular weight is 351 g/mol. The Labute approximate surface area is 126 Å². The highest BCUT2D eigenvalue weighted by atomic mass is 19.4. The number of nitrogens with one attached hydrogen (secondary N) is 1. The van der Waals surface area contributed by atoms with Gasteiger partial charge in [0.05, 0.1) is 6.61 Å². The van der Waals surface area contributed by atoms with E-state index in [1.165, 1.54) is 24.3 Å². The highest BCUT2D eigenvalue weighted by molar-refractivity contribution is 5.46. The van der Waals surface area contributed by atoms with E-state index >= 15 is 0 Å². The van der Waals surface area contributed by atoms with Crippen LogP contribution in [-0.4, -0.2) is 31.4 Å². The molecule has 0 unspecified atom stereocenters. The van der Waals surface area contributed by atoms with Gasteiger partial charge in [-0.05, 0) is 30.7 Å². The molecule has 0 heterocycles. The average Bonchev–Trinajstić information content (AvgIpc) is 2.40. The number of halogens is 8. The summed E-state index contributed by atoms with van der Waals surface area (Å²) in [5.74, 6) is -4.63. The van der Waals surface area contributed by atoms with Crippen LogP contribution in [0.3, 0.4) is 0 Å². The van der Waals surface area contributed by atoms with Gasteiger partial charge in [-0.15, -0.1) is 0 Å². The number of hydrogen-bond donors (Lipinski definition) is 1. The van der Waals surface area contributed by atoms with E-state index in [2.05, 4.69) is 5.32 Å². The molecule has 0 aliphatic carbocycles. The molecule has 2 nitrogen and oxygen atoms in total. The molecule has 0 atom stereocenters. The molecule has 1 aromatic carbocycles. The van der Waals surface area contributed by atoms with Crippen molar-refractivity contribution in [3.63, 3.8) is 0 Å². The summed E-state index contributed by atoms with van der Waals surface area (Å²) in [6.07, 6.45) is -11.9. The Kier molecular flexibility index (Phi) is 6.06. The van der Waals surface area contributed by atoms with Gasteiger partial charge >= 0.3 is 18.3 Å². The van der Waals surface area contributed by atoms with E-state index in [1.54, 1.807) is 0 Å². The summed E-state index contributed by atoms with van der Waals surface area (Å²) in [6, 6.07) is 5.10. The Morgan fingerprint density at radius 1 is 0.870 bits per heavy atom. The van der Waals surface area contributed by atoms with Gasteiger partial charge in [-0.1, -0.05) is 0 Å². The van der Waals surface area contributed by atoms with Gasteiger partial charge in [-0.2, -0.15) is 35.1 Å². The minimum Gasteiger partial charge on any atom is -0.494 e. The van der Waals surface area contributed by atoms with Crippen molar-refractivity contribution in [2.75, 3.05) is 18.5 Å². The summed E-state index contributed by atoms with van der Waals surface area (Å²) in [6.45, 7) is -1.60. The van der Waals surface area contributed by atoms with Crippen LogP contribution in [0.4, 0.5) is 40.8 Å². The molecule has 0 amide bonds. The van der Waals surface area contributed by atoms with Crippen molar-refractivity contribution in [2.24, 2.45) is 0 Å². The topological polar surface area (TPSA) is 21.3 Å². The normalized spacial score (nSPS) is 13.0. The number of hydrogen-bond acceptors (Lipinski definition) is 2. The first-order chi connectivity index (χ1) is 10.4. The van der Waals surface area contributed by atoms with Crippen LogP contribution in [0.15, 0.2) is 24.3 Å². The smallest absolute Gasteiger partial charge is 0.453 e. The first kappa shape index (κ1) is 19.3. The fraction of sp³-hybridized carbons (Fsp3) is 0.538. The third-order valence-electron chi connectivity index (χ3n) is 2.67. The quantitative estimate of drug-likeness (QED) is 0.550. The van der Waals surface area contributed by atoms with E-state index in [-0.39, 0.29) is 18.0 Å². The molecule has 0 aliphatic heterocycles. The minimum atomic E-state index is -5.60. The van der Waals surface area contributed by atoms with Crippen LogP contribution >= 0.6 is 0 Å². The van der Waals surface area contributed by atoms with Gasteiger partial charge in [0.2, 0.25) is 0 Å². The first-order valence-corrected chi connectivity index (χ1v) is 6.39. The van der Waals surface area contributed by atoms with Crippen LogP contribution in [0.2, 0.25) is 0 Å². The predicted molar refractivity (Wildman–Crippen MR) is 66.7 cm³/mol. The van der Waals surface area contributed by atoms with E-state index < -0.39 is 37.7 Å². The second-order valence-electron chi connectivity index (χ2n) is 4.65. The summed E-state index contributed by atoms with van der Waals surface area (Å²) < 4.78 is 102. The monoisotopic (exact) mass is 351 g/mol. The summed E-state index contributed by atoms with van der Waals surface area (Å²) in [7, 11) is 0. The molecule has 1 rings (SSSR count). The molecule has 1 N–H and O–H groups in total. The molecule has 0 spiro atoms. The van der Waals surface area contributed by atoms with Crippen LogP contribution in [0, 0.1) is 0 Å². The van der Waals surface area contributed by atoms with E-state index in [9.17, 15) is 35.1 Å². The van der Waals surface area contributed by atoms with Crippen molar-refractivity contribution in [3.05, 3.63) is 24.3 Å². The van der Waals surface area contributed by atoms with Gasteiger partial charge in [-0.25, -0.2) is 0 Å². The molecule has 10 heteroatoms. The highest BCUT2D eigenvalue weighted by Gasteiger charge is 2.56. The van der Waals surface area contributed by atoms with Gasteiger partial charge in [-0.3, -0.25) is 0 Å². The third kappa shape index (κ3) is 6.91. The van der Waals surface area contributed by atoms with E-state index in [0.29, 0.717) is 0 Å². The zero-order valence-electron chi connectivity index (χ0n) is 11.6. The highest BCUT2D eigenvalue weighted by Crippen LogP contribution is 2.38. The van der Waals surface area contributed by atoms with E-state index in [1.807, 2.05) is 0 Å². The maximum absolute atomic E-state index is 12.6. The molecule has 0 fully saturated rings. The molecule has 23 heavy (non-hydrogen) atoms. The van der Waals surface area contributed by atoms with Crippen molar-refractivity contribution >= 4 is 5.69 Å². The summed E-state index contributed by atoms with van der Waals surface area (Å²) >= 11 is 0. The number of ether oxygens (including phenoxy) is 1. The molecule has 0 aliphatic rings. The van der Waals surface area contributed by atoms with Crippen molar-refractivity contribution in [1.29, 1.82) is 0 Å². The first-order valence-electron chi connectivity index (χ1n) is 6.39. The molecule has 132 valence electrons. The van der Waals surface area contributed by atoms with Crippen LogP contribution in [0.25, 0.3) is 0 Å². The Balaban J connectivity index is 2.36. The van der Waals surface area contributed by atoms with Crippen LogP contribution in [0.5, 0.6) is 5.75 Å². The van der Waals surface area contributed by atoms with Gasteiger partial charge in [0.15, 0.2) is 0 Å². The Morgan fingerprint density at radius 3 is 1.91 bits per heavy atom. The second kappa shape index (κ2) is 7.22. The van der Waals surface area contributed by atoms with Gasteiger partial charge < -0.3 is 10.1 Å². The molecule has 1 aromatic rings. The molecule has 0 saturated carbocycles. The van der Waals surface area contributed by atoms with Gasteiger partial charge in [0, 0.05) is 12.1 Å². The standard InChI is InChI=1S/C13H13F8NO/c14-11(15,13(19,20)21)6-1-7-23-10-4-2-9(3-5-10)22-8-12(16,17)18/h2-5,22H,1,6-8H2. The fourth-order valence-corrected chi connectivity index (χ4v) is 1.50. The molecular weight excluding hydrogens is 338 g/mol. The minimum absolute atomic E-state index is 0.151. The lowest BCUT2D eigenvalue weighted by atomic mass is 10.2. The number of anilines is 1. The number of benzene rings is 1. The fourth-order valence-electron chi connectivity index (χ4n) is 1.50. The van der Waals surface area contributed by atoms with Crippen LogP contribution < -0.4 is 10.1 Å². The third-order valence-corrected chi connectivity index (χ3v) is 2.67. The largest absolute Gasteiger partial charge is 0.494 e. The zero-order valence-corrected chi connectivity index (χ0v) is 11.6. The van der Waals surface area contributed by atoms with Crippen LogP contribution in [-0.2, 0) is 0 Å². The lowest BCUT2D eigenvalue weighted by molar-refractivity contribution is -0.284. The SMILES string of the molecule is FC(F)(F)CNc1ccc(OCCCC(F)(F)C(F)(F)F)cc1. The Morgan fingerprint density at radius 2 is 1.43 bits per heavy atom. The summed E-state index contributed by atoms with van der Waals surface area (Å²) in [4.78, 5) is 0. The Bertz CT molecular complexity index is 480. The van der Waals surface area contributed by atoms with E-state index in [0.717, 1.165) is 0 Å². The maximum atomic E-state index is 12.6. The molecule has 0 radical (unpaired) electrons. The van der Waals surface area contributed by atoms with Gasteiger partial charge in [0.1, 0.15) is 12.3 Å². The predicted octanol–water partition coefficient (Wildman–Crippen LogP) is 5.02. The second-order valence-corrected chi connectivity index (χ2v) is 4.65. The van der Waals surface area contributed by atoms with Crippen LogP contribution in [0.1, 0.15) is 12.8 Å². The van der Waals surface area contributed by atoms with Crippen molar-refractivity contribution < 1.29 is 39.9 Å². The lowest BCUT2D eigenvalue weighted by Gasteiger charge is -2.19. The number of alkyl halides is 8. The Hall–Kier alpha value is -1.74. The maximum Gasteiger partial charge on any atom is 0.453 e. The zero-order chi connectivity index (χ0) is 17.7. The van der Waals surface area contributed by atoms with Crippen molar-refractivity contribution in [1.82, 2.24) is 0 Å². The summed E-state index contributed by atoms with van der Waals surface area (Å²) in [5, 5.41) is 2.11.